The first-order valence-corrected chi connectivity index (χ1v) is 14.4. The molecule has 0 aromatic heterocycles. The predicted molar refractivity (Wildman–Crippen MR) is 152 cm³/mol. The second kappa shape index (κ2) is 10.6. The highest BCUT2D eigenvalue weighted by atomic mass is 16.5. The van der Waals surface area contributed by atoms with Crippen LogP contribution in [0.25, 0.3) is 0 Å². The average molecular weight is 571 g/mol. The van der Waals surface area contributed by atoms with Gasteiger partial charge in [0.05, 0.1) is 17.5 Å². The van der Waals surface area contributed by atoms with Gasteiger partial charge in [-0.15, -0.1) is 0 Å². The molecule has 3 aliphatic carbocycles. The zero-order valence-corrected chi connectivity index (χ0v) is 24.2. The van der Waals surface area contributed by atoms with Crippen LogP contribution in [0.15, 0.2) is 28.7 Å². The minimum absolute atomic E-state index is 0.000806. The van der Waals surface area contributed by atoms with Gasteiger partial charge in [0.1, 0.15) is 22.8 Å². The van der Waals surface area contributed by atoms with Gasteiger partial charge in [0.2, 0.25) is 5.79 Å². The van der Waals surface area contributed by atoms with Crippen LogP contribution in [0.5, 0.6) is 5.75 Å². The Morgan fingerprint density at radius 2 is 1.68 bits per heavy atom. The Kier molecular flexibility index (Phi) is 7.60. The fourth-order valence-electron chi connectivity index (χ4n) is 7.72. The molecule has 0 saturated carbocycles. The standard InChI is InChI=1S/C30H42N4O7/c1-32(2)19-13-16(14-34-9-7-5-6-8-10-34)25(35)21-17(19)11-15-12-18-22(27(37)20(15)26(21)36)30(40,41)23(29(31)39)28(38)24(18)33(3)4/h13,15,18,22,24,35,37-38,40-41H,5-12,14H2,1-4H3,(H2,31,39)/t15?,18?,22?,24-/m0/s1. The van der Waals surface area contributed by atoms with Crippen LogP contribution in [0.3, 0.4) is 0 Å². The minimum atomic E-state index is -3.00. The fourth-order valence-corrected chi connectivity index (χ4v) is 7.72. The van der Waals surface area contributed by atoms with Crippen LogP contribution in [0.4, 0.5) is 5.69 Å². The van der Waals surface area contributed by atoms with Crippen molar-refractivity contribution in [1.29, 1.82) is 0 Å². The van der Waals surface area contributed by atoms with E-state index in [2.05, 4.69) is 4.90 Å². The maximum atomic E-state index is 14.2. The molecule has 224 valence electrons. The Hall–Kier alpha value is -3.12. The molecule has 7 N–H and O–H groups in total. The number of Topliss-reactive ketones (excluding diaryl/α,β-unsaturated/α-hetero) is 1. The number of phenols is 1. The van der Waals surface area contributed by atoms with E-state index in [-0.39, 0.29) is 23.3 Å². The van der Waals surface area contributed by atoms with Gasteiger partial charge in [-0.1, -0.05) is 12.8 Å². The largest absolute Gasteiger partial charge is 0.511 e. The Labute approximate surface area is 240 Å². The number of amides is 1. The monoisotopic (exact) mass is 570 g/mol. The van der Waals surface area contributed by atoms with Gasteiger partial charge >= 0.3 is 0 Å². The minimum Gasteiger partial charge on any atom is -0.511 e. The first-order valence-electron chi connectivity index (χ1n) is 14.4. The number of aromatic hydroxyl groups is 1. The molecule has 1 aromatic carbocycles. The van der Waals surface area contributed by atoms with Gasteiger partial charge in [0, 0.05) is 37.5 Å². The summed E-state index contributed by atoms with van der Waals surface area (Å²) in [5.41, 5.74) is 6.88. The lowest BCUT2D eigenvalue weighted by Crippen LogP contribution is -2.60. The van der Waals surface area contributed by atoms with E-state index in [1.807, 2.05) is 25.1 Å². The van der Waals surface area contributed by atoms with E-state index in [4.69, 9.17) is 5.73 Å². The molecular weight excluding hydrogens is 528 g/mol. The molecule has 41 heavy (non-hydrogen) atoms. The van der Waals surface area contributed by atoms with Crippen LogP contribution in [-0.2, 0) is 17.8 Å². The number of aliphatic hydroxyl groups is 4. The molecule has 3 unspecified atom stereocenters. The van der Waals surface area contributed by atoms with E-state index >= 15 is 0 Å². The third kappa shape index (κ3) is 4.68. The van der Waals surface area contributed by atoms with Crippen molar-refractivity contribution in [3.8, 4) is 5.75 Å². The van der Waals surface area contributed by atoms with Crippen LogP contribution in [0, 0.1) is 17.8 Å². The Morgan fingerprint density at radius 1 is 1.05 bits per heavy atom. The molecule has 1 fully saturated rings. The Balaban J connectivity index is 1.65. The molecule has 5 rings (SSSR count). The number of phenolic OH excluding ortho intramolecular Hbond substituents is 1. The van der Waals surface area contributed by atoms with E-state index in [0.29, 0.717) is 24.1 Å². The number of carbonyl (C=O) groups excluding carboxylic acids is 2. The number of rotatable bonds is 5. The molecule has 1 amide bonds. The summed E-state index contributed by atoms with van der Waals surface area (Å²) in [6.45, 7) is 2.30. The Bertz CT molecular complexity index is 1320. The van der Waals surface area contributed by atoms with Gasteiger partial charge in [0.25, 0.3) is 5.91 Å². The van der Waals surface area contributed by atoms with Gasteiger partial charge in [-0.05, 0) is 76.3 Å². The molecule has 11 heteroatoms. The van der Waals surface area contributed by atoms with Crippen LogP contribution in [0.2, 0.25) is 0 Å². The van der Waals surface area contributed by atoms with E-state index in [9.17, 15) is 35.1 Å². The van der Waals surface area contributed by atoms with Crippen molar-refractivity contribution in [2.75, 3.05) is 46.2 Å². The van der Waals surface area contributed by atoms with Gasteiger partial charge in [-0.3, -0.25) is 19.4 Å². The van der Waals surface area contributed by atoms with Crippen LogP contribution in [0.1, 0.15) is 53.6 Å². The number of nitrogens with zero attached hydrogens (tertiary/aromatic N) is 3. The van der Waals surface area contributed by atoms with Crippen molar-refractivity contribution in [3.63, 3.8) is 0 Å². The van der Waals surface area contributed by atoms with Crippen LogP contribution in [-0.4, -0.2) is 100 Å². The quantitative estimate of drug-likeness (QED) is 0.286. The van der Waals surface area contributed by atoms with Crippen molar-refractivity contribution in [1.82, 2.24) is 9.80 Å². The number of ketones is 1. The van der Waals surface area contributed by atoms with Crippen molar-refractivity contribution >= 4 is 17.4 Å². The summed E-state index contributed by atoms with van der Waals surface area (Å²) < 4.78 is 0. The first-order chi connectivity index (χ1) is 19.3. The summed E-state index contributed by atoms with van der Waals surface area (Å²) in [7, 11) is 7.11. The summed E-state index contributed by atoms with van der Waals surface area (Å²) >= 11 is 0. The lowest BCUT2D eigenvalue weighted by atomic mass is 9.59. The predicted octanol–water partition coefficient (Wildman–Crippen LogP) is 1.56. The van der Waals surface area contributed by atoms with Crippen molar-refractivity contribution in [2.24, 2.45) is 23.5 Å². The number of fused-ring (bicyclic) bond motifs is 3. The third-order valence-corrected chi connectivity index (χ3v) is 9.47. The highest BCUT2D eigenvalue weighted by molar-refractivity contribution is 6.14. The molecule has 0 spiro atoms. The van der Waals surface area contributed by atoms with Crippen molar-refractivity contribution in [2.45, 2.75) is 56.9 Å². The second-order valence-corrected chi connectivity index (χ2v) is 12.5. The Morgan fingerprint density at radius 3 is 2.24 bits per heavy atom. The van der Waals surface area contributed by atoms with Crippen LogP contribution >= 0.6 is 0 Å². The van der Waals surface area contributed by atoms with Crippen molar-refractivity contribution in [3.05, 3.63) is 45.4 Å². The van der Waals surface area contributed by atoms with Crippen LogP contribution < -0.4 is 10.6 Å². The maximum absolute atomic E-state index is 14.2. The number of likely N-dealkylation sites (N-methyl/N-ethyl adjacent to an activating group) is 1. The number of hydrogen-bond donors (Lipinski definition) is 6. The highest BCUT2D eigenvalue weighted by Crippen LogP contribution is 2.55. The number of benzene rings is 1. The van der Waals surface area contributed by atoms with E-state index in [1.165, 1.54) is 12.8 Å². The SMILES string of the molecule is CN(C)c1cc(CN2CCCCCC2)c(O)c2c1CC1CC3C(C(O)=C1C2=O)C(O)(O)C(C(N)=O)=C(O)[C@H]3N(C)C. The lowest BCUT2D eigenvalue weighted by Gasteiger charge is -2.51. The summed E-state index contributed by atoms with van der Waals surface area (Å²) in [5, 5.41) is 56.5. The van der Waals surface area contributed by atoms with E-state index in [0.717, 1.165) is 31.6 Å². The second-order valence-electron chi connectivity index (χ2n) is 12.5. The maximum Gasteiger partial charge on any atom is 0.253 e. The molecule has 0 radical (unpaired) electrons. The van der Waals surface area contributed by atoms with E-state index < -0.39 is 58.4 Å². The molecule has 1 saturated heterocycles. The fraction of sp³-hybridized carbons (Fsp3) is 0.600. The molecule has 1 aromatic rings. The van der Waals surface area contributed by atoms with Gasteiger partial charge in [-0.2, -0.15) is 0 Å². The lowest BCUT2D eigenvalue weighted by molar-refractivity contribution is -0.200. The molecule has 0 bridgehead atoms. The van der Waals surface area contributed by atoms with Crippen molar-refractivity contribution < 1.29 is 35.1 Å². The molecule has 4 aliphatic rings. The first kappa shape index (κ1) is 29.4. The summed E-state index contributed by atoms with van der Waals surface area (Å²) in [6.07, 6.45) is 5.03. The number of allylic oxidation sites excluding steroid dienone is 1. The van der Waals surface area contributed by atoms with Gasteiger partial charge < -0.3 is 36.2 Å². The normalized spacial score (nSPS) is 28.2. The number of anilines is 1. The third-order valence-electron chi connectivity index (χ3n) is 9.47. The zero-order valence-electron chi connectivity index (χ0n) is 24.2. The zero-order chi connectivity index (χ0) is 30.0. The number of primary amides is 1. The van der Waals surface area contributed by atoms with Gasteiger partial charge in [0.15, 0.2) is 5.78 Å². The number of nitrogens with two attached hydrogens (primary N) is 1. The topological polar surface area (TPSA) is 171 Å². The molecule has 11 nitrogen and oxygen atoms in total. The van der Waals surface area contributed by atoms with Gasteiger partial charge in [-0.25, -0.2) is 0 Å². The molecular formula is C30H42N4O7. The molecule has 4 atom stereocenters. The smallest absolute Gasteiger partial charge is 0.253 e. The van der Waals surface area contributed by atoms with E-state index in [1.54, 1.807) is 19.0 Å². The number of hydrogen-bond acceptors (Lipinski definition) is 10. The summed E-state index contributed by atoms with van der Waals surface area (Å²) in [6, 6.07) is 1.09. The number of likely N-dealkylation sites (tertiary alicyclic amines) is 1. The molecule has 1 aliphatic heterocycles. The summed E-state index contributed by atoms with van der Waals surface area (Å²) in [5.74, 6) is -8.76. The number of carbonyl (C=O) groups is 2. The summed E-state index contributed by atoms with van der Waals surface area (Å²) in [4.78, 5) is 32.3. The average Bonchev–Trinajstić information content (AvgIpc) is 3.12. The molecule has 1 heterocycles. The highest BCUT2D eigenvalue weighted by Gasteiger charge is 2.60. The number of aliphatic hydroxyl groups excluding tert-OH is 2.